The van der Waals surface area contributed by atoms with Crippen LogP contribution in [0.15, 0.2) is 29.2 Å². The Balaban J connectivity index is 3.02. The van der Waals surface area contributed by atoms with Crippen molar-refractivity contribution in [3.05, 3.63) is 29.8 Å². The molecule has 1 aromatic carbocycles. The van der Waals surface area contributed by atoms with Gasteiger partial charge in [-0.15, -0.1) is 0 Å². The molecule has 0 aliphatic rings. The Morgan fingerprint density at radius 2 is 1.79 bits per heavy atom. The summed E-state index contributed by atoms with van der Waals surface area (Å²) in [6.45, 7) is 2.92. The summed E-state index contributed by atoms with van der Waals surface area (Å²) in [5.74, 6) is -0.663. The van der Waals surface area contributed by atoms with E-state index in [-0.39, 0.29) is 16.5 Å². The number of hydrogen-bond acceptors (Lipinski definition) is 3. The maximum atomic E-state index is 12.4. The van der Waals surface area contributed by atoms with E-state index < -0.39 is 35.1 Å². The van der Waals surface area contributed by atoms with Gasteiger partial charge in [0.25, 0.3) is 5.91 Å². The van der Waals surface area contributed by atoms with E-state index in [0.717, 1.165) is 9.21 Å². The van der Waals surface area contributed by atoms with E-state index in [1.807, 2.05) is 0 Å². The number of carbonyl (C=O) groups excluding carboxylic acids is 1. The third kappa shape index (κ3) is 5.20. The highest BCUT2D eigenvalue weighted by Gasteiger charge is 2.29. The molecule has 0 heterocycles. The molecule has 5 nitrogen and oxygen atoms in total. The van der Waals surface area contributed by atoms with Gasteiger partial charge in [0.1, 0.15) is 0 Å². The molecule has 9 heteroatoms. The van der Waals surface area contributed by atoms with Crippen molar-refractivity contribution in [2.75, 3.05) is 20.6 Å². The second-order valence-electron chi connectivity index (χ2n) is 5.73. The minimum atomic E-state index is -4.36. The first-order chi connectivity index (χ1) is 10.9. The summed E-state index contributed by atoms with van der Waals surface area (Å²) < 4.78 is 62.7. The maximum Gasteiger partial charge on any atom is 0.390 e. The Bertz CT molecular complexity index is 687. The molecule has 0 bridgehead atoms. The molecule has 0 fully saturated rings. The standard InChI is InChI=1S/C15H21F3N2O3S/c1-11(2)20(4)24(22,23)13-7-5-6-12(10-13)14(21)19(3)9-8-15(16,17)18/h5-7,10-11H,8-9H2,1-4H3. The van der Waals surface area contributed by atoms with E-state index in [1.54, 1.807) is 13.8 Å². The molecule has 0 aliphatic heterocycles. The number of benzene rings is 1. The fourth-order valence-corrected chi connectivity index (χ4v) is 3.26. The Kier molecular flexibility index (Phi) is 6.40. The van der Waals surface area contributed by atoms with E-state index >= 15 is 0 Å². The van der Waals surface area contributed by atoms with Gasteiger partial charge in [0.05, 0.1) is 11.3 Å². The Morgan fingerprint density at radius 3 is 2.29 bits per heavy atom. The topological polar surface area (TPSA) is 57.7 Å². The summed E-state index contributed by atoms with van der Waals surface area (Å²) in [6.07, 6.45) is -5.48. The number of halogens is 3. The van der Waals surface area contributed by atoms with Gasteiger partial charge in [-0.25, -0.2) is 8.42 Å². The summed E-state index contributed by atoms with van der Waals surface area (Å²) >= 11 is 0. The Morgan fingerprint density at radius 1 is 1.21 bits per heavy atom. The first-order valence-electron chi connectivity index (χ1n) is 7.26. The van der Waals surface area contributed by atoms with E-state index in [2.05, 4.69) is 0 Å². The average Bonchev–Trinajstić information content (AvgIpc) is 2.50. The van der Waals surface area contributed by atoms with Gasteiger partial charge in [-0.2, -0.15) is 17.5 Å². The van der Waals surface area contributed by atoms with Crippen molar-refractivity contribution in [1.29, 1.82) is 0 Å². The average molecular weight is 366 g/mol. The summed E-state index contributed by atoms with van der Waals surface area (Å²) in [4.78, 5) is 13.0. The zero-order valence-corrected chi connectivity index (χ0v) is 14.8. The zero-order valence-electron chi connectivity index (χ0n) is 14.0. The molecule has 24 heavy (non-hydrogen) atoms. The molecule has 0 aliphatic carbocycles. The first kappa shape index (κ1) is 20.4. The molecule has 0 unspecified atom stereocenters. The first-order valence-corrected chi connectivity index (χ1v) is 8.70. The molecular formula is C15H21F3N2O3S. The van der Waals surface area contributed by atoms with Crippen molar-refractivity contribution < 1.29 is 26.4 Å². The van der Waals surface area contributed by atoms with E-state index in [4.69, 9.17) is 0 Å². The maximum absolute atomic E-state index is 12.4. The van der Waals surface area contributed by atoms with Crippen LogP contribution in [0.3, 0.4) is 0 Å². The number of nitrogens with zero attached hydrogens (tertiary/aromatic N) is 2. The highest BCUT2D eigenvalue weighted by molar-refractivity contribution is 7.89. The number of amides is 1. The third-order valence-corrected chi connectivity index (χ3v) is 5.59. The van der Waals surface area contributed by atoms with E-state index in [9.17, 15) is 26.4 Å². The molecular weight excluding hydrogens is 345 g/mol. The van der Waals surface area contributed by atoms with Crippen LogP contribution in [0.2, 0.25) is 0 Å². The minimum Gasteiger partial charge on any atom is -0.341 e. The second kappa shape index (κ2) is 7.52. The van der Waals surface area contributed by atoms with Gasteiger partial charge in [0, 0.05) is 32.2 Å². The van der Waals surface area contributed by atoms with Gasteiger partial charge in [0.2, 0.25) is 10.0 Å². The monoisotopic (exact) mass is 366 g/mol. The van der Waals surface area contributed by atoms with Crippen LogP contribution in [-0.4, -0.2) is 56.4 Å². The second-order valence-corrected chi connectivity index (χ2v) is 7.73. The smallest absolute Gasteiger partial charge is 0.341 e. The molecule has 0 saturated carbocycles. The summed E-state index contributed by atoms with van der Waals surface area (Å²) in [5, 5.41) is 0. The molecule has 0 radical (unpaired) electrons. The molecule has 136 valence electrons. The third-order valence-electron chi connectivity index (χ3n) is 3.56. The zero-order chi connectivity index (χ0) is 18.7. The molecule has 0 N–H and O–H groups in total. The predicted octanol–water partition coefficient (Wildman–Crippen LogP) is 2.74. The SMILES string of the molecule is CC(C)N(C)S(=O)(=O)c1cccc(C(=O)N(C)CCC(F)(F)F)c1. The number of carbonyl (C=O) groups is 1. The van der Waals surface area contributed by atoms with Crippen LogP contribution in [-0.2, 0) is 10.0 Å². The van der Waals surface area contributed by atoms with Crippen LogP contribution in [0.25, 0.3) is 0 Å². The molecule has 0 atom stereocenters. The van der Waals surface area contributed by atoms with Crippen LogP contribution in [0, 0.1) is 0 Å². The highest BCUT2D eigenvalue weighted by Crippen LogP contribution is 2.21. The summed E-state index contributed by atoms with van der Waals surface area (Å²) in [7, 11) is -1.11. The van der Waals surface area contributed by atoms with Crippen molar-refractivity contribution in [1.82, 2.24) is 9.21 Å². The van der Waals surface area contributed by atoms with Crippen molar-refractivity contribution in [3.63, 3.8) is 0 Å². The van der Waals surface area contributed by atoms with E-state index in [0.29, 0.717) is 0 Å². The van der Waals surface area contributed by atoms with E-state index in [1.165, 1.54) is 38.4 Å². The lowest BCUT2D eigenvalue weighted by molar-refractivity contribution is -0.136. The normalized spacial score (nSPS) is 12.7. The van der Waals surface area contributed by atoms with Crippen molar-refractivity contribution >= 4 is 15.9 Å². The molecule has 0 aromatic heterocycles. The minimum absolute atomic E-state index is 0.0258. The lowest BCUT2D eigenvalue weighted by atomic mass is 10.2. The van der Waals surface area contributed by atoms with Crippen LogP contribution in [0.5, 0.6) is 0 Å². The molecule has 0 spiro atoms. The Labute approximate surface area is 140 Å². The molecule has 1 rings (SSSR count). The van der Waals surface area contributed by atoms with Crippen LogP contribution >= 0.6 is 0 Å². The van der Waals surface area contributed by atoms with Gasteiger partial charge >= 0.3 is 6.18 Å². The fourth-order valence-electron chi connectivity index (χ4n) is 1.85. The lowest BCUT2D eigenvalue weighted by Gasteiger charge is -2.22. The molecule has 1 amide bonds. The predicted molar refractivity (Wildman–Crippen MR) is 84.2 cm³/mol. The molecule has 1 aromatic rings. The largest absolute Gasteiger partial charge is 0.390 e. The number of sulfonamides is 1. The highest BCUT2D eigenvalue weighted by atomic mass is 32.2. The van der Waals surface area contributed by atoms with Crippen LogP contribution < -0.4 is 0 Å². The fraction of sp³-hybridized carbons (Fsp3) is 0.533. The van der Waals surface area contributed by atoms with Crippen molar-refractivity contribution in [2.24, 2.45) is 0 Å². The van der Waals surface area contributed by atoms with Gasteiger partial charge in [-0.1, -0.05) is 6.07 Å². The van der Waals surface area contributed by atoms with Gasteiger partial charge < -0.3 is 4.90 Å². The summed E-state index contributed by atoms with van der Waals surface area (Å²) in [5.41, 5.74) is 0.0258. The van der Waals surface area contributed by atoms with Crippen LogP contribution in [0.1, 0.15) is 30.6 Å². The van der Waals surface area contributed by atoms with Gasteiger partial charge in [0.15, 0.2) is 0 Å². The number of hydrogen-bond donors (Lipinski definition) is 0. The summed E-state index contributed by atoms with van der Waals surface area (Å²) in [6, 6.07) is 5.03. The van der Waals surface area contributed by atoms with Crippen molar-refractivity contribution in [2.45, 2.75) is 37.4 Å². The number of alkyl halides is 3. The molecule has 0 saturated heterocycles. The van der Waals surface area contributed by atoms with Crippen LogP contribution in [0.4, 0.5) is 13.2 Å². The quantitative estimate of drug-likeness (QED) is 0.778. The van der Waals surface area contributed by atoms with Gasteiger partial charge in [-0.3, -0.25) is 4.79 Å². The van der Waals surface area contributed by atoms with Gasteiger partial charge in [-0.05, 0) is 32.0 Å². The number of rotatable bonds is 6. The lowest BCUT2D eigenvalue weighted by Crippen LogP contribution is -2.33. The Hall–Kier alpha value is -1.61. The van der Waals surface area contributed by atoms with Crippen molar-refractivity contribution in [3.8, 4) is 0 Å².